The molecule has 138 valence electrons. The molecule has 2 rings (SSSR count). The van der Waals surface area contributed by atoms with Crippen LogP contribution in [0.1, 0.15) is 26.3 Å². The molecule has 5 nitrogen and oxygen atoms in total. The second-order valence-corrected chi connectivity index (χ2v) is 7.11. The zero-order valence-electron chi connectivity index (χ0n) is 14.9. The molecule has 0 aliphatic rings. The minimum Gasteiger partial charge on any atom is -0.484 e. The molecule has 0 aromatic heterocycles. The highest BCUT2D eigenvalue weighted by atomic mass is 32.1. The zero-order valence-corrected chi connectivity index (χ0v) is 15.7. The molecule has 3 N–H and O–H groups in total. The Labute approximate surface area is 157 Å². The highest BCUT2D eigenvalue weighted by molar-refractivity contribution is 7.80. The average Bonchev–Trinajstić information content (AvgIpc) is 2.60. The van der Waals surface area contributed by atoms with E-state index in [0.717, 1.165) is 0 Å². The molecule has 0 atom stereocenters. The molecule has 1 amide bonds. The van der Waals surface area contributed by atoms with Crippen LogP contribution in [0.25, 0.3) is 0 Å². The van der Waals surface area contributed by atoms with Crippen molar-refractivity contribution in [1.82, 2.24) is 10.9 Å². The highest BCUT2D eigenvalue weighted by Gasteiger charge is 2.13. The number of anilines is 1. The van der Waals surface area contributed by atoms with Gasteiger partial charge in [0.05, 0.1) is 0 Å². The van der Waals surface area contributed by atoms with Crippen molar-refractivity contribution in [1.29, 1.82) is 0 Å². The molecule has 0 bridgehead atoms. The Morgan fingerprint density at radius 3 is 2.23 bits per heavy atom. The fourth-order valence-electron chi connectivity index (χ4n) is 2.06. The van der Waals surface area contributed by atoms with Gasteiger partial charge in [-0.15, -0.1) is 0 Å². The number of thiocarbonyl (C=S) groups is 1. The smallest absolute Gasteiger partial charge is 0.276 e. The maximum atomic E-state index is 12.8. The van der Waals surface area contributed by atoms with Crippen molar-refractivity contribution >= 4 is 28.9 Å². The van der Waals surface area contributed by atoms with Gasteiger partial charge in [-0.05, 0) is 59.6 Å². The third-order valence-corrected chi connectivity index (χ3v) is 3.71. The van der Waals surface area contributed by atoms with E-state index in [1.807, 2.05) is 24.3 Å². The lowest BCUT2D eigenvalue weighted by Gasteiger charge is -2.19. The monoisotopic (exact) mass is 375 g/mol. The molecule has 0 saturated heterocycles. The van der Waals surface area contributed by atoms with Crippen LogP contribution in [0.4, 0.5) is 10.1 Å². The maximum Gasteiger partial charge on any atom is 0.276 e. The number of halogens is 1. The van der Waals surface area contributed by atoms with Crippen LogP contribution in [0.2, 0.25) is 0 Å². The summed E-state index contributed by atoms with van der Waals surface area (Å²) in [7, 11) is 0. The number of carbonyl (C=O) groups is 1. The topological polar surface area (TPSA) is 62.4 Å². The first-order valence-corrected chi connectivity index (χ1v) is 8.49. The first kappa shape index (κ1) is 19.7. The van der Waals surface area contributed by atoms with Gasteiger partial charge in [0.1, 0.15) is 11.6 Å². The van der Waals surface area contributed by atoms with Gasteiger partial charge in [0.2, 0.25) is 0 Å². The molecule has 0 radical (unpaired) electrons. The number of carbonyl (C=O) groups excluding carboxylic acids is 1. The van der Waals surface area contributed by atoms with E-state index in [2.05, 4.69) is 36.9 Å². The first-order valence-electron chi connectivity index (χ1n) is 8.09. The number of amides is 1. The largest absolute Gasteiger partial charge is 0.484 e. The van der Waals surface area contributed by atoms with Gasteiger partial charge < -0.3 is 10.1 Å². The van der Waals surface area contributed by atoms with Crippen molar-refractivity contribution in [3.8, 4) is 5.75 Å². The van der Waals surface area contributed by atoms with Crippen LogP contribution in [0.15, 0.2) is 48.5 Å². The number of hydrazine groups is 1. The fourth-order valence-corrected chi connectivity index (χ4v) is 2.23. The van der Waals surface area contributed by atoms with E-state index in [0.29, 0.717) is 11.4 Å². The molecular weight excluding hydrogens is 353 g/mol. The molecule has 2 aromatic rings. The molecule has 0 aliphatic carbocycles. The van der Waals surface area contributed by atoms with Gasteiger partial charge in [0.15, 0.2) is 11.7 Å². The lowest BCUT2D eigenvalue weighted by atomic mass is 9.87. The molecule has 0 aliphatic heterocycles. The Morgan fingerprint density at radius 1 is 1.04 bits per heavy atom. The summed E-state index contributed by atoms with van der Waals surface area (Å²) in [6, 6.07) is 13.3. The third-order valence-electron chi connectivity index (χ3n) is 3.51. The van der Waals surface area contributed by atoms with Crippen molar-refractivity contribution in [2.75, 3.05) is 11.9 Å². The number of nitrogens with one attached hydrogen (secondary N) is 3. The summed E-state index contributed by atoms with van der Waals surface area (Å²) in [6.07, 6.45) is 0. The van der Waals surface area contributed by atoms with E-state index in [1.54, 1.807) is 0 Å². The zero-order chi connectivity index (χ0) is 19.2. The van der Waals surface area contributed by atoms with Crippen LogP contribution in [-0.4, -0.2) is 17.6 Å². The number of ether oxygens (including phenoxy) is 1. The van der Waals surface area contributed by atoms with Crippen LogP contribution in [0.3, 0.4) is 0 Å². The van der Waals surface area contributed by atoms with Crippen molar-refractivity contribution in [3.63, 3.8) is 0 Å². The quantitative estimate of drug-likeness (QED) is 0.564. The molecule has 0 unspecified atom stereocenters. The van der Waals surface area contributed by atoms with Gasteiger partial charge in [-0.3, -0.25) is 15.6 Å². The van der Waals surface area contributed by atoms with Gasteiger partial charge in [-0.1, -0.05) is 32.9 Å². The van der Waals surface area contributed by atoms with Crippen molar-refractivity contribution < 1.29 is 13.9 Å². The van der Waals surface area contributed by atoms with E-state index >= 15 is 0 Å². The van der Waals surface area contributed by atoms with Crippen LogP contribution in [-0.2, 0) is 10.2 Å². The molecule has 26 heavy (non-hydrogen) atoms. The summed E-state index contributed by atoms with van der Waals surface area (Å²) in [6.45, 7) is 6.24. The number of benzene rings is 2. The van der Waals surface area contributed by atoms with Gasteiger partial charge in [-0.2, -0.15) is 0 Å². The SMILES string of the molecule is CC(C)(C)c1ccc(OCC(=O)NNC(=S)Nc2ccc(F)cc2)cc1. The van der Waals surface area contributed by atoms with Crippen molar-refractivity contribution in [2.24, 2.45) is 0 Å². The van der Waals surface area contributed by atoms with Gasteiger partial charge in [-0.25, -0.2) is 4.39 Å². The summed E-state index contributed by atoms with van der Waals surface area (Å²) in [5, 5.41) is 3.00. The molecule has 2 aromatic carbocycles. The summed E-state index contributed by atoms with van der Waals surface area (Å²) in [5.41, 5.74) is 6.84. The minimum absolute atomic E-state index is 0.0625. The van der Waals surface area contributed by atoms with Crippen molar-refractivity contribution in [3.05, 3.63) is 59.9 Å². The number of rotatable bonds is 4. The Morgan fingerprint density at radius 2 is 1.65 bits per heavy atom. The maximum absolute atomic E-state index is 12.8. The lowest BCUT2D eigenvalue weighted by molar-refractivity contribution is -0.123. The molecule has 7 heteroatoms. The Balaban J connectivity index is 1.73. The summed E-state index contributed by atoms with van der Waals surface area (Å²) in [5.74, 6) is -0.108. The van der Waals surface area contributed by atoms with E-state index in [-0.39, 0.29) is 28.9 Å². The molecule has 0 fully saturated rings. The number of hydrogen-bond acceptors (Lipinski definition) is 3. The van der Waals surface area contributed by atoms with Gasteiger partial charge in [0.25, 0.3) is 5.91 Å². The Kier molecular flexibility index (Phi) is 6.52. The second-order valence-electron chi connectivity index (χ2n) is 6.70. The molecule has 0 heterocycles. The standard InChI is InChI=1S/C19H22FN3O2S/c1-19(2,3)13-4-10-16(11-5-13)25-12-17(24)22-23-18(26)21-15-8-6-14(20)7-9-15/h4-11H,12H2,1-3H3,(H,22,24)(H2,21,23,26). The van der Waals surface area contributed by atoms with E-state index in [1.165, 1.54) is 29.8 Å². The lowest BCUT2D eigenvalue weighted by Crippen LogP contribution is -2.45. The van der Waals surface area contributed by atoms with E-state index in [9.17, 15) is 9.18 Å². The summed E-state index contributed by atoms with van der Waals surface area (Å²) >= 11 is 5.04. The van der Waals surface area contributed by atoms with Crippen LogP contribution < -0.4 is 20.9 Å². The molecular formula is C19H22FN3O2S. The minimum atomic E-state index is -0.381. The molecule has 0 saturated carbocycles. The van der Waals surface area contributed by atoms with Crippen molar-refractivity contribution in [2.45, 2.75) is 26.2 Å². The summed E-state index contributed by atoms with van der Waals surface area (Å²) in [4.78, 5) is 11.8. The Hall–Kier alpha value is -2.67. The van der Waals surface area contributed by atoms with Crippen LogP contribution >= 0.6 is 12.2 Å². The second kappa shape index (κ2) is 8.62. The molecule has 0 spiro atoms. The van der Waals surface area contributed by atoms with E-state index < -0.39 is 0 Å². The first-order chi connectivity index (χ1) is 12.2. The average molecular weight is 375 g/mol. The Bertz CT molecular complexity index is 756. The van der Waals surface area contributed by atoms with Gasteiger partial charge in [0, 0.05) is 5.69 Å². The predicted octanol–water partition coefficient (Wildman–Crippen LogP) is 3.52. The third kappa shape index (κ3) is 6.33. The number of hydrogen-bond donors (Lipinski definition) is 3. The van der Waals surface area contributed by atoms with Crippen LogP contribution in [0.5, 0.6) is 5.75 Å². The normalized spacial score (nSPS) is 10.8. The highest BCUT2D eigenvalue weighted by Crippen LogP contribution is 2.24. The summed E-state index contributed by atoms with van der Waals surface area (Å²) < 4.78 is 18.3. The van der Waals surface area contributed by atoms with Crippen LogP contribution in [0, 0.1) is 5.82 Å². The fraction of sp³-hybridized carbons (Fsp3) is 0.263. The van der Waals surface area contributed by atoms with Gasteiger partial charge >= 0.3 is 0 Å². The predicted molar refractivity (Wildman–Crippen MR) is 105 cm³/mol. The van der Waals surface area contributed by atoms with E-state index in [4.69, 9.17) is 17.0 Å².